The number of carbonyl (C=O) groups is 2. The van der Waals surface area contributed by atoms with E-state index < -0.39 is 50.3 Å². The average Bonchev–Trinajstić information content (AvgIpc) is 3.29. The Balaban J connectivity index is 1.68. The highest BCUT2D eigenvalue weighted by Crippen LogP contribution is 2.31. The van der Waals surface area contributed by atoms with Gasteiger partial charge >= 0.3 is 6.09 Å². The van der Waals surface area contributed by atoms with Gasteiger partial charge in [0.15, 0.2) is 14.4 Å². The zero-order chi connectivity index (χ0) is 44.2. The van der Waals surface area contributed by atoms with E-state index in [0.29, 0.717) is 6.61 Å². The van der Waals surface area contributed by atoms with Gasteiger partial charge in [0.2, 0.25) is 0 Å². The Morgan fingerprint density at radius 2 is 0.919 bits per heavy atom. The second kappa shape index (κ2) is 24.6. The molecule has 0 heterocycles. The summed E-state index contributed by atoms with van der Waals surface area (Å²) in [5, 5.41) is 0. The van der Waals surface area contributed by atoms with Gasteiger partial charge in [0.05, 0.1) is 45.7 Å². The Morgan fingerprint density at radius 1 is 0.532 bits per heavy atom. The van der Waals surface area contributed by atoms with Gasteiger partial charge in [-0.1, -0.05) is 172 Å². The van der Waals surface area contributed by atoms with Gasteiger partial charge in [-0.2, -0.15) is 0 Å². The van der Waals surface area contributed by atoms with Crippen molar-refractivity contribution < 1.29 is 37.7 Å². The molecule has 9 nitrogen and oxygen atoms in total. The van der Waals surface area contributed by atoms with Gasteiger partial charge in [0, 0.05) is 0 Å². The number of nitrogens with zero attached hydrogens (tertiary/aromatic N) is 1. The zero-order valence-corrected chi connectivity index (χ0v) is 38.3. The SMILES string of the molecule is CC[Si](CC)(CC)O[C@H](COCc1ccccc1)[C@@H](OCc1ccccc1)[C@H](OCc1ccccc1)[C@@H](OCc1ccccc1)C(=O)N(Cc1ccccc1)C(=O)OC(C)(C)C. The highest BCUT2D eigenvalue weighted by Gasteiger charge is 2.47. The minimum Gasteiger partial charge on any atom is -0.443 e. The van der Waals surface area contributed by atoms with E-state index in [-0.39, 0.29) is 33.0 Å². The highest BCUT2D eigenvalue weighted by atomic mass is 28.4. The van der Waals surface area contributed by atoms with Crippen LogP contribution in [0.25, 0.3) is 0 Å². The van der Waals surface area contributed by atoms with Crippen molar-refractivity contribution in [2.45, 2.75) is 123 Å². The number of ether oxygens (including phenoxy) is 5. The maximum atomic E-state index is 15.6. The molecule has 0 unspecified atom stereocenters. The van der Waals surface area contributed by atoms with Gasteiger partial charge in [-0.3, -0.25) is 4.79 Å². The van der Waals surface area contributed by atoms with E-state index in [9.17, 15) is 4.79 Å². The molecule has 0 fully saturated rings. The molecule has 0 aliphatic rings. The van der Waals surface area contributed by atoms with Crippen LogP contribution in [0, 0.1) is 0 Å². The lowest BCUT2D eigenvalue weighted by atomic mass is 10.00. The van der Waals surface area contributed by atoms with Crippen molar-refractivity contribution in [3.05, 3.63) is 179 Å². The van der Waals surface area contributed by atoms with Gasteiger partial charge in [-0.05, 0) is 66.7 Å². The van der Waals surface area contributed by atoms with E-state index in [2.05, 4.69) is 20.8 Å². The summed E-state index contributed by atoms with van der Waals surface area (Å²) >= 11 is 0. The molecule has 62 heavy (non-hydrogen) atoms. The predicted octanol–water partition coefficient (Wildman–Crippen LogP) is 11.3. The molecule has 0 saturated carbocycles. The molecule has 0 aromatic heterocycles. The Bertz CT molecular complexity index is 2000. The van der Waals surface area contributed by atoms with Gasteiger partial charge < -0.3 is 28.1 Å². The Kier molecular flexibility index (Phi) is 19.1. The van der Waals surface area contributed by atoms with Crippen LogP contribution in [0.3, 0.4) is 0 Å². The summed E-state index contributed by atoms with van der Waals surface area (Å²) in [5.41, 5.74) is 3.53. The Hall–Kier alpha value is -4.94. The molecular weight excluding hydrogens is 795 g/mol. The number of carbonyl (C=O) groups excluding carboxylic acids is 2. The molecule has 0 saturated heterocycles. The number of rotatable bonds is 24. The molecule has 0 aliphatic carbocycles. The van der Waals surface area contributed by atoms with Gasteiger partial charge in [0.25, 0.3) is 5.91 Å². The van der Waals surface area contributed by atoms with Crippen LogP contribution in [-0.4, -0.2) is 61.8 Å². The van der Waals surface area contributed by atoms with Crippen LogP contribution in [0.4, 0.5) is 4.79 Å². The van der Waals surface area contributed by atoms with Crippen LogP contribution in [-0.2, 0) is 65.9 Å². The molecule has 0 N–H and O–H groups in total. The average molecular weight is 860 g/mol. The fourth-order valence-electron chi connectivity index (χ4n) is 7.22. The monoisotopic (exact) mass is 859 g/mol. The lowest BCUT2D eigenvalue weighted by Gasteiger charge is -2.41. The minimum atomic E-state index is -2.39. The van der Waals surface area contributed by atoms with Crippen molar-refractivity contribution >= 4 is 20.3 Å². The van der Waals surface area contributed by atoms with Gasteiger partial charge in [-0.25, -0.2) is 9.69 Å². The summed E-state index contributed by atoms with van der Waals surface area (Å²) in [6.45, 7) is 12.7. The summed E-state index contributed by atoms with van der Waals surface area (Å²) in [6, 6.07) is 51.3. The molecule has 2 amide bonds. The highest BCUT2D eigenvalue weighted by molar-refractivity contribution is 6.73. The molecule has 10 heteroatoms. The van der Waals surface area contributed by atoms with Crippen molar-refractivity contribution in [1.29, 1.82) is 0 Å². The number of imide groups is 1. The van der Waals surface area contributed by atoms with Crippen molar-refractivity contribution in [1.82, 2.24) is 4.90 Å². The predicted molar refractivity (Wildman–Crippen MR) is 246 cm³/mol. The summed E-state index contributed by atoms with van der Waals surface area (Å²) in [5.74, 6) is -0.626. The molecule has 0 bridgehead atoms. The summed E-state index contributed by atoms with van der Waals surface area (Å²) in [4.78, 5) is 31.0. The first-order chi connectivity index (χ1) is 30.0. The second-order valence-electron chi connectivity index (χ2n) is 16.5. The largest absolute Gasteiger partial charge is 0.443 e. The standard InChI is InChI=1S/C52H65NO8Si/c1-7-62(8-2,9-3)61-46(40-56-36-42-27-17-11-18-28-42)47(57-37-43-29-19-12-20-30-43)48(58-38-44-31-21-13-22-32-44)49(59-39-45-33-23-14-24-34-45)50(54)53(51(55)60-52(4,5)6)35-41-25-15-10-16-26-41/h10-34,46-49H,7-9,35-40H2,1-6H3/t46-,47-,48+,49-/m1/s1. The maximum Gasteiger partial charge on any atom is 0.417 e. The molecule has 330 valence electrons. The van der Waals surface area contributed by atoms with Crippen molar-refractivity contribution in [2.75, 3.05) is 6.61 Å². The molecule has 5 aromatic carbocycles. The first kappa shape index (κ1) is 48.1. The van der Waals surface area contributed by atoms with E-state index in [4.69, 9.17) is 28.1 Å². The van der Waals surface area contributed by atoms with E-state index in [1.807, 2.05) is 152 Å². The quantitative estimate of drug-likeness (QED) is 0.0567. The lowest BCUT2D eigenvalue weighted by Crippen LogP contribution is -2.58. The van der Waals surface area contributed by atoms with Gasteiger partial charge in [-0.15, -0.1) is 0 Å². The number of amides is 2. The molecule has 0 radical (unpaired) electrons. The van der Waals surface area contributed by atoms with E-state index in [0.717, 1.165) is 50.8 Å². The van der Waals surface area contributed by atoms with E-state index in [1.54, 1.807) is 20.8 Å². The van der Waals surface area contributed by atoms with Crippen LogP contribution < -0.4 is 0 Å². The van der Waals surface area contributed by atoms with Crippen molar-refractivity contribution in [3.63, 3.8) is 0 Å². The molecule has 4 atom stereocenters. The first-order valence-electron chi connectivity index (χ1n) is 21.9. The summed E-state index contributed by atoms with van der Waals surface area (Å²) in [7, 11) is -2.39. The molecule has 5 rings (SSSR count). The third-order valence-corrected chi connectivity index (χ3v) is 15.5. The zero-order valence-electron chi connectivity index (χ0n) is 37.3. The summed E-state index contributed by atoms with van der Waals surface area (Å²) < 4.78 is 40.8. The van der Waals surface area contributed by atoms with Crippen molar-refractivity contribution in [3.8, 4) is 0 Å². The lowest BCUT2D eigenvalue weighted by molar-refractivity contribution is -0.193. The third kappa shape index (κ3) is 15.1. The second-order valence-corrected chi connectivity index (χ2v) is 21.3. The fraction of sp³-hybridized carbons (Fsp3) is 0.385. The maximum absolute atomic E-state index is 15.6. The van der Waals surface area contributed by atoms with Crippen LogP contribution in [0.5, 0.6) is 0 Å². The third-order valence-electron chi connectivity index (χ3n) is 10.9. The van der Waals surface area contributed by atoms with Gasteiger partial charge in [0.1, 0.15) is 17.8 Å². The van der Waals surface area contributed by atoms with Crippen molar-refractivity contribution in [2.24, 2.45) is 0 Å². The summed E-state index contributed by atoms with van der Waals surface area (Å²) in [6.07, 6.45) is -4.91. The number of hydrogen-bond donors (Lipinski definition) is 0. The number of benzene rings is 5. The molecule has 0 spiro atoms. The Labute approximate surface area is 370 Å². The molecular formula is C52H65NO8Si. The smallest absolute Gasteiger partial charge is 0.417 e. The van der Waals surface area contributed by atoms with Crippen LogP contribution in [0.15, 0.2) is 152 Å². The van der Waals surface area contributed by atoms with E-state index in [1.165, 1.54) is 0 Å². The van der Waals surface area contributed by atoms with Crippen LogP contribution in [0.1, 0.15) is 69.4 Å². The fourth-order valence-corrected chi connectivity index (χ4v) is 10.1. The normalized spacial score (nSPS) is 13.8. The van der Waals surface area contributed by atoms with Crippen LogP contribution >= 0.6 is 0 Å². The van der Waals surface area contributed by atoms with Crippen LogP contribution in [0.2, 0.25) is 18.1 Å². The van der Waals surface area contributed by atoms with E-state index >= 15 is 4.79 Å². The minimum absolute atomic E-state index is 0.0505. The topological polar surface area (TPSA) is 92.8 Å². The first-order valence-corrected chi connectivity index (χ1v) is 24.4. The molecule has 0 aliphatic heterocycles. The molecule has 5 aromatic rings. The number of hydrogen-bond acceptors (Lipinski definition) is 8. The Morgan fingerprint density at radius 3 is 1.34 bits per heavy atom.